The van der Waals surface area contributed by atoms with Crippen molar-refractivity contribution in [1.29, 1.82) is 0 Å². The van der Waals surface area contributed by atoms with Crippen LogP contribution in [0.25, 0.3) is 0 Å². The second kappa shape index (κ2) is 7.93. The maximum absolute atomic E-state index is 12.3. The van der Waals surface area contributed by atoms with Crippen molar-refractivity contribution >= 4 is 11.9 Å². The summed E-state index contributed by atoms with van der Waals surface area (Å²) in [4.78, 5) is 27.9. The van der Waals surface area contributed by atoms with E-state index in [-0.39, 0.29) is 18.0 Å². The van der Waals surface area contributed by atoms with Crippen molar-refractivity contribution in [3.63, 3.8) is 0 Å². The van der Waals surface area contributed by atoms with E-state index in [4.69, 9.17) is 9.47 Å². The maximum Gasteiger partial charge on any atom is 0.307 e. The van der Waals surface area contributed by atoms with E-state index in [1.54, 1.807) is 49.6 Å². The van der Waals surface area contributed by atoms with Crippen LogP contribution in [0.4, 0.5) is 0 Å². The summed E-state index contributed by atoms with van der Waals surface area (Å²) in [6.45, 7) is 0. The number of hydrogen-bond donors (Lipinski definition) is 1. The molecule has 1 amide bonds. The Bertz CT molecular complexity index is 656. The number of nitrogens with one attached hydrogen (secondary N) is 1. The van der Waals surface area contributed by atoms with Gasteiger partial charge < -0.3 is 14.8 Å². The van der Waals surface area contributed by atoms with Gasteiger partial charge in [0.25, 0.3) is 5.91 Å². The fourth-order valence-corrected chi connectivity index (χ4v) is 2.07. The third-order valence-electron chi connectivity index (χ3n) is 3.32. The molecule has 0 aliphatic heterocycles. The van der Waals surface area contributed by atoms with Gasteiger partial charge in [0, 0.05) is 6.20 Å². The Morgan fingerprint density at radius 2 is 1.87 bits per heavy atom. The monoisotopic (exact) mass is 314 g/mol. The molecule has 2 aromatic rings. The first-order valence-corrected chi connectivity index (χ1v) is 7.06. The zero-order valence-corrected chi connectivity index (χ0v) is 13.0. The Balaban J connectivity index is 2.19. The van der Waals surface area contributed by atoms with Crippen molar-refractivity contribution in [2.75, 3.05) is 14.2 Å². The van der Waals surface area contributed by atoms with Crippen LogP contribution in [0.5, 0.6) is 5.75 Å². The lowest BCUT2D eigenvalue weighted by molar-refractivity contribution is -0.141. The van der Waals surface area contributed by atoms with E-state index < -0.39 is 12.0 Å². The lowest BCUT2D eigenvalue weighted by Gasteiger charge is -2.18. The van der Waals surface area contributed by atoms with E-state index in [9.17, 15) is 9.59 Å². The minimum absolute atomic E-state index is 0.0292. The first kappa shape index (κ1) is 16.5. The minimum atomic E-state index is -0.511. The molecule has 0 saturated heterocycles. The molecule has 120 valence electrons. The first-order valence-electron chi connectivity index (χ1n) is 7.06. The van der Waals surface area contributed by atoms with Gasteiger partial charge >= 0.3 is 5.97 Å². The second-order valence-electron chi connectivity index (χ2n) is 4.79. The molecule has 1 heterocycles. The molecule has 1 N–H and O–H groups in total. The van der Waals surface area contributed by atoms with Crippen molar-refractivity contribution < 1.29 is 19.1 Å². The summed E-state index contributed by atoms with van der Waals surface area (Å²) in [6.07, 6.45) is 1.57. The zero-order valence-electron chi connectivity index (χ0n) is 13.0. The normalized spacial score (nSPS) is 11.4. The highest BCUT2D eigenvalue weighted by Gasteiger charge is 2.20. The van der Waals surface area contributed by atoms with E-state index in [0.717, 1.165) is 5.56 Å². The molecule has 2 rings (SSSR count). The molecule has 0 spiro atoms. The summed E-state index contributed by atoms with van der Waals surface area (Å²) in [6, 6.07) is 11.7. The van der Waals surface area contributed by atoms with E-state index in [2.05, 4.69) is 10.3 Å². The molecule has 23 heavy (non-hydrogen) atoms. The molecule has 0 fully saturated rings. The Morgan fingerprint density at radius 3 is 2.43 bits per heavy atom. The van der Waals surface area contributed by atoms with Crippen LogP contribution < -0.4 is 10.1 Å². The average Bonchev–Trinajstić information content (AvgIpc) is 2.61. The van der Waals surface area contributed by atoms with Crippen LogP contribution in [0, 0.1) is 0 Å². The fraction of sp³-hybridized carbons (Fsp3) is 0.235. The Hall–Kier alpha value is -2.89. The fourth-order valence-electron chi connectivity index (χ4n) is 2.07. The molecule has 6 heteroatoms. The predicted molar refractivity (Wildman–Crippen MR) is 84.1 cm³/mol. The number of pyridine rings is 1. The predicted octanol–water partition coefficient (Wildman–Crippen LogP) is 2.12. The molecule has 0 aliphatic carbocycles. The lowest BCUT2D eigenvalue weighted by Crippen LogP contribution is -2.31. The molecular formula is C17H18N2O4. The van der Waals surface area contributed by atoms with Gasteiger partial charge in [0.1, 0.15) is 11.4 Å². The number of hydrogen-bond acceptors (Lipinski definition) is 5. The van der Waals surface area contributed by atoms with Crippen LogP contribution >= 0.6 is 0 Å². The van der Waals surface area contributed by atoms with Crippen molar-refractivity contribution in [1.82, 2.24) is 10.3 Å². The van der Waals surface area contributed by atoms with Crippen LogP contribution in [0.1, 0.15) is 28.5 Å². The van der Waals surface area contributed by atoms with E-state index in [0.29, 0.717) is 5.75 Å². The summed E-state index contributed by atoms with van der Waals surface area (Å²) >= 11 is 0. The minimum Gasteiger partial charge on any atom is -0.497 e. The molecule has 0 aliphatic rings. The molecular weight excluding hydrogens is 296 g/mol. The maximum atomic E-state index is 12.3. The van der Waals surface area contributed by atoms with Crippen molar-refractivity contribution in [3.8, 4) is 5.75 Å². The number of benzene rings is 1. The van der Waals surface area contributed by atoms with Gasteiger partial charge in [0.05, 0.1) is 26.7 Å². The summed E-state index contributed by atoms with van der Waals surface area (Å²) in [5.41, 5.74) is 1.07. The largest absolute Gasteiger partial charge is 0.497 e. The first-order chi connectivity index (χ1) is 11.1. The number of ether oxygens (including phenoxy) is 2. The van der Waals surface area contributed by atoms with Crippen molar-refractivity contribution in [3.05, 3.63) is 59.9 Å². The van der Waals surface area contributed by atoms with Gasteiger partial charge in [-0.3, -0.25) is 14.6 Å². The van der Waals surface area contributed by atoms with E-state index in [1.807, 2.05) is 0 Å². The number of carbonyl (C=O) groups excluding carboxylic acids is 2. The number of esters is 1. The number of amides is 1. The van der Waals surface area contributed by atoms with Gasteiger partial charge in [-0.15, -0.1) is 0 Å². The Labute approximate surface area is 134 Å². The highest BCUT2D eigenvalue weighted by atomic mass is 16.5. The Kier molecular flexibility index (Phi) is 5.68. The SMILES string of the molecule is COC(=O)C[C@@H](NC(=O)c1ccccn1)c1ccc(OC)cc1. The van der Waals surface area contributed by atoms with Crippen LogP contribution in [0.15, 0.2) is 48.7 Å². The summed E-state index contributed by atoms with van der Waals surface area (Å²) in [7, 11) is 2.89. The van der Waals surface area contributed by atoms with Crippen LogP contribution in [-0.4, -0.2) is 31.1 Å². The van der Waals surface area contributed by atoms with Gasteiger partial charge in [0.2, 0.25) is 0 Å². The third-order valence-corrected chi connectivity index (χ3v) is 3.32. The standard InChI is InChI=1S/C17H18N2O4/c1-22-13-8-6-12(7-9-13)15(11-16(20)23-2)19-17(21)14-5-3-4-10-18-14/h3-10,15H,11H2,1-2H3,(H,19,21)/t15-/m1/s1. The smallest absolute Gasteiger partial charge is 0.307 e. The van der Waals surface area contributed by atoms with Crippen molar-refractivity contribution in [2.24, 2.45) is 0 Å². The van der Waals surface area contributed by atoms with Gasteiger partial charge in [-0.05, 0) is 29.8 Å². The second-order valence-corrected chi connectivity index (χ2v) is 4.79. The molecule has 0 radical (unpaired) electrons. The Morgan fingerprint density at radius 1 is 1.13 bits per heavy atom. The van der Waals surface area contributed by atoms with Gasteiger partial charge in [-0.25, -0.2) is 0 Å². The topological polar surface area (TPSA) is 77.5 Å². The van der Waals surface area contributed by atoms with Gasteiger partial charge in [-0.2, -0.15) is 0 Å². The zero-order chi connectivity index (χ0) is 16.7. The van der Waals surface area contributed by atoms with Gasteiger partial charge in [-0.1, -0.05) is 18.2 Å². The molecule has 0 unspecified atom stereocenters. The quantitative estimate of drug-likeness (QED) is 0.826. The third kappa shape index (κ3) is 4.54. The number of methoxy groups -OCH3 is 2. The number of aromatic nitrogens is 1. The molecule has 6 nitrogen and oxygen atoms in total. The average molecular weight is 314 g/mol. The van der Waals surface area contributed by atoms with E-state index >= 15 is 0 Å². The van der Waals surface area contributed by atoms with Crippen molar-refractivity contribution in [2.45, 2.75) is 12.5 Å². The summed E-state index contributed by atoms with van der Waals surface area (Å²) < 4.78 is 9.82. The highest BCUT2D eigenvalue weighted by Crippen LogP contribution is 2.21. The molecule has 0 bridgehead atoms. The highest BCUT2D eigenvalue weighted by molar-refractivity contribution is 5.92. The lowest BCUT2D eigenvalue weighted by atomic mass is 10.0. The van der Waals surface area contributed by atoms with E-state index in [1.165, 1.54) is 13.3 Å². The summed E-state index contributed by atoms with van der Waals surface area (Å²) in [5.74, 6) is -0.0657. The molecule has 1 aromatic heterocycles. The van der Waals surface area contributed by atoms with Crippen LogP contribution in [-0.2, 0) is 9.53 Å². The molecule has 0 saturated carbocycles. The number of carbonyl (C=O) groups is 2. The molecule has 1 atom stereocenters. The summed E-state index contributed by atoms with van der Waals surface area (Å²) in [5, 5.41) is 2.81. The van der Waals surface area contributed by atoms with Gasteiger partial charge in [0.15, 0.2) is 0 Å². The van der Waals surface area contributed by atoms with Crippen LogP contribution in [0.3, 0.4) is 0 Å². The molecule has 1 aromatic carbocycles. The number of nitrogens with zero attached hydrogens (tertiary/aromatic N) is 1. The van der Waals surface area contributed by atoms with Crippen LogP contribution in [0.2, 0.25) is 0 Å². The number of rotatable bonds is 6.